The van der Waals surface area contributed by atoms with Crippen molar-refractivity contribution in [3.05, 3.63) is 0 Å². The second kappa shape index (κ2) is 7.67. The van der Waals surface area contributed by atoms with E-state index in [0.717, 1.165) is 32.4 Å². The summed E-state index contributed by atoms with van der Waals surface area (Å²) < 4.78 is 4.89. The van der Waals surface area contributed by atoms with Crippen LogP contribution in [-0.4, -0.2) is 38.3 Å². The summed E-state index contributed by atoms with van der Waals surface area (Å²) in [6.07, 6.45) is 4.38. The molecule has 1 heterocycles. The van der Waals surface area contributed by atoms with Crippen LogP contribution in [-0.2, 0) is 9.53 Å². The maximum Gasteiger partial charge on any atom is 0.323 e. The van der Waals surface area contributed by atoms with Crippen molar-refractivity contribution in [3.63, 3.8) is 0 Å². The van der Waals surface area contributed by atoms with Crippen molar-refractivity contribution in [2.75, 3.05) is 20.2 Å². The molecule has 1 saturated heterocycles. The van der Waals surface area contributed by atoms with Gasteiger partial charge in [-0.05, 0) is 38.3 Å². The molecule has 0 spiro atoms. The average molecular weight is 242 g/mol. The zero-order valence-corrected chi connectivity index (χ0v) is 11.3. The molecule has 4 heteroatoms. The maximum absolute atomic E-state index is 11.8. The Morgan fingerprint density at radius 1 is 1.47 bits per heavy atom. The van der Waals surface area contributed by atoms with Crippen molar-refractivity contribution in [2.24, 2.45) is 5.92 Å². The van der Waals surface area contributed by atoms with Crippen molar-refractivity contribution in [3.8, 4) is 0 Å². The number of nitrogens with one attached hydrogen (secondary N) is 2. The minimum Gasteiger partial charge on any atom is -0.468 e. The zero-order valence-electron chi connectivity index (χ0n) is 11.3. The van der Waals surface area contributed by atoms with Crippen LogP contribution in [0.25, 0.3) is 0 Å². The van der Waals surface area contributed by atoms with Crippen molar-refractivity contribution in [2.45, 2.75) is 51.6 Å². The van der Waals surface area contributed by atoms with E-state index >= 15 is 0 Å². The van der Waals surface area contributed by atoms with Gasteiger partial charge in [0.2, 0.25) is 0 Å². The highest BCUT2D eigenvalue weighted by atomic mass is 16.5. The SMILES string of the molecule is CCC(C)C(NC1CCCNCC1)C(=O)OC. The van der Waals surface area contributed by atoms with Gasteiger partial charge in [0.1, 0.15) is 6.04 Å². The molecule has 0 amide bonds. The second-order valence-corrected chi connectivity index (χ2v) is 4.93. The smallest absolute Gasteiger partial charge is 0.323 e. The Morgan fingerprint density at radius 2 is 2.24 bits per heavy atom. The molecule has 1 fully saturated rings. The van der Waals surface area contributed by atoms with Gasteiger partial charge in [-0.1, -0.05) is 20.3 Å². The van der Waals surface area contributed by atoms with Gasteiger partial charge in [0.15, 0.2) is 0 Å². The van der Waals surface area contributed by atoms with Crippen molar-refractivity contribution in [1.29, 1.82) is 0 Å². The molecule has 3 atom stereocenters. The van der Waals surface area contributed by atoms with Crippen LogP contribution >= 0.6 is 0 Å². The van der Waals surface area contributed by atoms with E-state index in [2.05, 4.69) is 24.5 Å². The van der Waals surface area contributed by atoms with E-state index < -0.39 is 0 Å². The molecule has 3 unspecified atom stereocenters. The highest BCUT2D eigenvalue weighted by molar-refractivity contribution is 5.76. The molecule has 100 valence electrons. The largest absolute Gasteiger partial charge is 0.468 e. The highest BCUT2D eigenvalue weighted by Crippen LogP contribution is 2.13. The van der Waals surface area contributed by atoms with Crippen LogP contribution in [0.1, 0.15) is 39.5 Å². The normalized spacial score (nSPS) is 24.8. The quantitative estimate of drug-likeness (QED) is 0.714. The summed E-state index contributed by atoms with van der Waals surface area (Å²) >= 11 is 0. The zero-order chi connectivity index (χ0) is 12.7. The highest BCUT2D eigenvalue weighted by Gasteiger charge is 2.27. The predicted octanol–water partition coefficient (Wildman–Crippen LogP) is 1.31. The third-order valence-corrected chi connectivity index (χ3v) is 3.66. The topological polar surface area (TPSA) is 50.4 Å². The standard InChI is InChI=1S/C13H26N2O2/c1-4-10(2)12(13(16)17-3)15-11-6-5-8-14-9-7-11/h10-12,14-15H,4-9H2,1-3H3. The molecular formula is C13H26N2O2. The Kier molecular flexibility index (Phi) is 6.52. The van der Waals surface area contributed by atoms with Gasteiger partial charge in [0, 0.05) is 6.04 Å². The van der Waals surface area contributed by atoms with Crippen LogP contribution in [0, 0.1) is 5.92 Å². The molecule has 0 radical (unpaired) electrons. The number of hydrogen-bond donors (Lipinski definition) is 2. The van der Waals surface area contributed by atoms with Crippen molar-refractivity contribution >= 4 is 5.97 Å². The van der Waals surface area contributed by atoms with Gasteiger partial charge in [-0.25, -0.2) is 0 Å². The molecule has 0 saturated carbocycles. The number of ether oxygens (including phenoxy) is 1. The fraction of sp³-hybridized carbons (Fsp3) is 0.923. The number of hydrogen-bond acceptors (Lipinski definition) is 4. The van der Waals surface area contributed by atoms with Gasteiger partial charge in [-0.2, -0.15) is 0 Å². The lowest BCUT2D eigenvalue weighted by Crippen LogP contribution is -2.47. The van der Waals surface area contributed by atoms with E-state index in [9.17, 15) is 4.79 Å². The Balaban J connectivity index is 2.54. The summed E-state index contributed by atoms with van der Waals surface area (Å²) in [5, 5.41) is 6.86. The number of esters is 1. The lowest BCUT2D eigenvalue weighted by molar-refractivity contribution is -0.144. The molecule has 4 nitrogen and oxygen atoms in total. The molecule has 0 aromatic carbocycles. The van der Waals surface area contributed by atoms with Crippen LogP contribution in [0.2, 0.25) is 0 Å². The number of carbonyl (C=O) groups is 1. The first-order valence-electron chi connectivity index (χ1n) is 6.73. The molecule has 1 aliphatic heterocycles. The number of methoxy groups -OCH3 is 1. The first-order valence-corrected chi connectivity index (χ1v) is 6.73. The fourth-order valence-electron chi connectivity index (χ4n) is 2.27. The molecule has 1 aliphatic rings. The molecule has 2 N–H and O–H groups in total. The first kappa shape index (κ1) is 14.5. The Hall–Kier alpha value is -0.610. The summed E-state index contributed by atoms with van der Waals surface area (Å²) in [6, 6.07) is 0.274. The molecule has 17 heavy (non-hydrogen) atoms. The minimum atomic E-state index is -0.159. The van der Waals surface area contributed by atoms with Crippen molar-refractivity contribution in [1.82, 2.24) is 10.6 Å². The third-order valence-electron chi connectivity index (χ3n) is 3.66. The summed E-state index contributed by atoms with van der Waals surface area (Å²) in [5.41, 5.74) is 0. The Labute approximate surface area is 104 Å². The van der Waals surface area contributed by atoms with Gasteiger partial charge >= 0.3 is 5.97 Å². The number of carbonyl (C=O) groups excluding carboxylic acids is 1. The van der Waals surface area contributed by atoms with E-state index in [1.807, 2.05) is 0 Å². The van der Waals surface area contributed by atoms with Crippen LogP contribution in [0.3, 0.4) is 0 Å². The maximum atomic E-state index is 11.8. The monoisotopic (exact) mass is 242 g/mol. The van der Waals surface area contributed by atoms with E-state index in [4.69, 9.17) is 4.74 Å². The second-order valence-electron chi connectivity index (χ2n) is 4.93. The summed E-state index contributed by atoms with van der Waals surface area (Å²) in [6.45, 7) is 6.33. The summed E-state index contributed by atoms with van der Waals surface area (Å²) in [5.74, 6) is 0.190. The van der Waals surface area contributed by atoms with Gasteiger partial charge in [-0.3, -0.25) is 4.79 Å². The average Bonchev–Trinajstić information content (AvgIpc) is 2.62. The first-order chi connectivity index (χ1) is 8.19. The van der Waals surface area contributed by atoms with Crippen molar-refractivity contribution < 1.29 is 9.53 Å². The Bertz CT molecular complexity index is 225. The van der Waals surface area contributed by atoms with Crippen LogP contribution in [0.5, 0.6) is 0 Å². The molecule has 0 aliphatic carbocycles. The molecule has 0 aromatic rings. The number of rotatable bonds is 5. The van der Waals surface area contributed by atoms with E-state index in [0.29, 0.717) is 12.0 Å². The lowest BCUT2D eigenvalue weighted by atomic mass is 9.97. The van der Waals surface area contributed by atoms with Crippen LogP contribution in [0.15, 0.2) is 0 Å². The van der Waals surface area contributed by atoms with Gasteiger partial charge in [0.05, 0.1) is 7.11 Å². The van der Waals surface area contributed by atoms with E-state index in [1.165, 1.54) is 13.5 Å². The molecular weight excluding hydrogens is 216 g/mol. The predicted molar refractivity (Wildman–Crippen MR) is 68.9 cm³/mol. The van der Waals surface area contributed by atoms with Gasteiger partial charge < -0.3 is 15.4 Å². The van der Waals surface area contributed by atoms with E-state index in [1.54, 1.807) is 0 Å². The lowest BCUT2D eigenvalue weighted by Gasteiger charge is -2.27. The van der Waals surface area contributed by atoms with Gasteiger partial charge in [0.25, 0.3) is 0 Å². The molecule has 1 rings (SSSR count). The summed E-state index contributed by atoms with van der Waals surface area (Å²) in [7, 11) is 1.47. The molecule has 0 bridgehead atoms. The third kappa shape index (κ3) is 4.64. The minimum absolute atomic E-state index is 0.128. The van der Waals surface area contributed by atoms with Gasteiger partial charge in [-0.15, -0.1) is 0 Å². The van der Waals surface area contributed by atoms with Crippen LogP contribution in [0.4, 0.5) is 0 Å². The van der Waals surface area contributed by atoms with E-state index in [-0.39, 0.29) is 12.0 Å². The molecule has 0 aromatic heterocycles. The van der Waals surface area contributed by atoms with Crippen LogP contribution < -0.4 is 10.6 Å². The Morgan fingerprint density at radius 3 is 2.88 bits per heavy atom. The fourth-order valence-corrected chi connectivity index (χ4v) is 2.27. The summed E-state index contributed by atoms with van der Waals surface area (Å²) in [4.78, 5) is 11.8.